The molecule has 0 unspecified atom stereocenters. The van der Waals surface area contributed by atoms with Crippen molar-refractivity contribution in [3.05, 3.63) is 63.4 Å². The molecule has 0 saturated heterocycles. The first kappa shape index (κ1) is 15.6. The molecule has 0 aromatic heterocycles. The first-order valence-corrected chi connectivity index (χ1v) is 6.82. The summed E-state index contributed by atoms with van der Waals surface area (Å²) < 4.78 is 18.0. The van der Waals surface area contributed by atoms with E-state index in [1.165, 1.54) is 19.2 Å². The van der Waals surface area contributed by atoms with Crippen LogP contribution in [0.4, 0.5) is 10.1 Å². The van der Waals surface area contributed by atoms with Crippen LogP contribution in [-0.4, -0.2) is 13.1 Å². The van der Waals surface area contributed by atoms with Crippen LogP contribution < -0.4 is 5.32 Å². The normalized spacial score (nSPS) is 10.3. The maximum Gasteiger partial charge on any atom is 0.340 e. The van der Waals surface area contributed by atoms with Gasteiger partial charge in [-0.25, -0.2) is 9.18 Å². The van der Waals surface area contributed by atoms with Crippen LogP contribution in [-0.2, 0) is 11.3 Å². The summed E-state index contributed by atoms with van der Waals surface area (Å²) in [5.74, 6) is -1.34. The van der Waals surface area contributed by atoms with Gasteiger partial charge in [0.2, 0.25) is 0 Å². The fourth-order valence-electron chi connectivity index (χ4n) is 1.76. The highest BCUT2D eigenvalue weighted by atomic mass is 35.5. The number of carbonyl (C=O) groups excluding carboxylic acids is 1. The molecule has 2 rings (SSSR count). The Morgan fingerprint density at radius 3 is 2.62 bits per heavy atom. The molecule has 2 aromatic rings. The monoisotopic (exact) mass is 327 g/mol. The molecule has 21 heavy (non-hydrogen) atoms. The molecule has 0 spiro atoms. The summed E-state index contributed by atoms with van der Waals surface area (Å²) in [5, 5.41) is 4.02. The van der Waals surface area contributed by atoms with E-state index in [0.29, 0.717) is 22.3 Å². The number of methoxy groups -OCH3 is 1. The molecule has 6 heteroatoms. The lowest BCUT2D eigenvalue weighted by Gasteiger charge is -2.09. The maximum absolute atomic E-state index is 13.5. The Hall–Kier alpha value is -1.78. The number of esters is 1. The van der Waals surface area contributed by atoms with Gasteiger partial charge in [-0.2, -0.15) is 0 Å². The van der Waals surface area contributed by atoms with Gasteiger partial charge in [0.15, 0.2) is 0 Å². The quantitative estimate of drug-likeness (QED) is 0.838. The van der Waals surface area contributed by atoms with E-state index in [1.807, 2.05) is 6.07 Å². The summed E-state index contributed by atoms with van der Waals surface area (Å²) >= 11 is 11.8. The molecule has 3 nitrogen and oxygen atoms in total. The van der Waals surface area contributed by atoms with Crippen molar-refractivity contribution in [2.45, 2.75) is 6.54 Å². The minimum atomic E-state index is -0.717. The average molecular weight is 328 g/mol. The van der Waals surface area contributed by atoms with Gasteiger partial charge in [0, 0.05) is 12.2 Å². The van der Waals surface area contributed by atoms with Crippen LogP contribution in [0.2, 0.25) is 10.0 Å². The van der Waals surface area contributed by atoms with Crippen LogP contribution in [0.1, 0.15) is 15.9 Å². The number of benzene rings is 2. The predicted octanol–water partition coefficient (Wildman–Crippen LogP) is 4.53. The summed E-state index contributed by atoms with van der Waals surface area (Å²) in [6, 6.07) is 9.42. The van der Waals surface area contributed by atoms with Crippen LogP contribution >= 0.6 is 23.2 Å². The van der Waals surface area contributed by atoms with Crippen LogP contribution in [0, 0.1) is 5.82 Å². The summed E-state index contributed by atoms with van der Waals surface area (Å²) in [4.78, 5) is 11.4. The van der Waals surface area contributed by atoms with Gasteiger partial charge in [0.05, 0.1) is 22.7 Å². The van der Waals surface area contributed by atoms with E-state index in [2.05, 4.69) is 10.1 Å². The smallest absolute Gasteiger partial charge is 0.340 e. The molecular weight excluding hydrogens is 316 g/mol. The first-order valence-electron chi connectivity index (χ1n) is 6.07. The standard InChI is InChI=1S/C15H12Cl2FNO2/c1-21-15(20)11-7-10(3-5-14(11)18)19-8-9-2-4-12(16)13(17)6-9/h2-7,19H,8H2,1H3. The zero-order chi connectivity index (χ0) is 15.4. The summed E-state index contributed by atoms with van der Waals surface area (Å²) in [5.41, 5.74) is 1.40. The van der Waals surface area contributed by atoms with Gasteiger partial charge in [0.1, 0.15) is 5.82 Å². The minimum absolute atomic E-state index is 0.114. The minimum Gasteiger partial charge on any atom is -0.465 e. The highest BCUT2D eigenvalue weighted by Gasteiger charge is 2.12. The molecule has 0 radical (unpaired) electrons. The van der Waals surface area contributed by atoms with Gasteiger partial charge in [0.25, 0.3) is 0 Å². The van der Waals surface area contributed by atoms with Crippen molar-refractivity contribution in [2.75, 3.05) is 12.4 Å². The van der Waals surface area contributed by atoms with Crippen molar-refractivity contribution < 1.29 is 13.9 Å². The Bertz CT molecular complexity index is 677. The number of halogens is 3. The molecule has 0 heterocycles. The second-order valence-corrected chi connectivity index (χ2v) is 5.10. The molecule has 110 valence electrons. The Morgan fingerprint density at radius 2 is 1.95 bits per heavy atom. The molecule has 0 aliphatic carbocycles. The van der Waals surface area contributed by atoms with Gasteiger partial charge in [-0.1, -0.05) is 29.3 Å². The van der Waals surface area contributed by atoms with Gasteiger partial charge in [-0.3, -0.25) is 0 Å². The third-order valence-electron chi connectivity index (χ3n) is 2.85. The van der Waals surface area contributed by atoms with Gasteiger partial charge < -0.3 is 10.1 Å². The Morgan fingerprint density at radius 1 is 1.19 bits per heavy atom. The number of hydrogen-bond donors (Lipinski definition) is 1. The Balaban J connectivity index is 2.13. The van der Waals surface area contributed by atoms with E-state index in [4.69, 9.17) is 23.2 Å². The zero-order valence-electron chi connectivity index (χ0n) is 11.1. The van der Waals surface area contributed by atoms with Crippen molar-refractivity contribution in [3.8, 4) is 0 Å². The third-order valence-corrected chi connectivity index (χ3v) is 3.59. The number of carbonyl (C=O) groups is 1. The Kier molecular flexibility index (Phi) is 5.04. The SMILES string of the molecule is COC(=O)c1cc(NCc2ccc(Cl)c(Cl)c2)ccc1F. The molecule has 0 saturated carbocycles. The fraction of sp³-hybridized carbons (Fsp3) is 0.133. The number of anilines is 1. The zero-order valence-corrected chi connectivity index (χ0v) is 12.6. The van der Waals surface area contributed by atoms with Crippen LogP contribution in [0.25, 0.3) is 0 Å². The van der Waals surface area contributed by atoms with Crippen LogP contribution in [0.5, 0.6) is 0 Å². The molecule has 0 bridgehead atoms. The lowest BCUT2D eigenvalue weighted by molar-refractivity contribution is 0.0595. The molecular formula is C15H12Cl2FNO2. The second kappa shape index (κ2) is 6.78. The molecule has 0 fully saturated rings. The largest absolute Gasteiger partial charge is 0.465 e. The highest BCUT2D eigenvalue weighted by molar-refractivity contribution is 6.42. The molecule has 2 aromatic carbocycles. The molecule has 1 N–H and O–H groups in total. The first-order chi connectivity index (χ1) is 10.0. The fourth-order valence-corrected chi connectivity index (χ4v) is 2.08. The molecule has 0 aliphatic heterocycles. The molecule has 0 amide bonds. The van der Waals surface area contributed by atoms with Crippen molar-refractivity contribution in [3.63, 3.8) is 0 Å². The van der Waals surface area contributed by atoms with Crippen molar-refractivity contribution >= 4 is 34.9 Å². The highest BCUT2D eigenvalue weighted by Crippen LogP contribution is 2.23. The number of ether oxygens (including phenoxy) is 1. The van der Waals surface area contributed by atoms with Gasteiger partial charge in [-0.05, 0) is 35.9 Å². The van der Waals surface area contributed by atoms with Gasteiger partial charge in [-0.15, -0.1) is 0 Å². The molecule has 0 atom stereocenters. The summed E-state index contributed by atoms with van der Waals surface area (Å²) in [6.07, 6.45) is 0. The third kappa shape index (κ3) is 3.86. The average Bonchev–Trinajstić information content (AvgIpc) is 2.49. The van der Waals surface area contributed by atoms with E-state index < -0.39 is 11.8 Å². The van der Waals surface area contributed by atoms with Gasteiger partial charge >= 0.3 is 5.97 Å². The van der Waals surface area contributed by atoms with Crippen LogP contribution in [0.3, 0.4) is 0 Å². The lowest BCUT2D eigenvalue weighted by Crippen LogP contribution is -2.06. The van der Waals surface area contributed by atoms with Crippen molar-refractivity contribution in [1.82, 2.24) is 0 Å². The number of rotatable bonds is 4. The van der Waals surface area contributed by atoms with E-state index >= 15 is 0 Å². The number of nitrogens with one attached hydrogen (secondary N) is 1. The van der Waals surface area contributed by atoms with E-state index in [9.17, 15) is 9.18 Å². The second-order valence-electron chi connectivity index (χ2n) is 4.29. The summed E-state index contributed by atoms with van der Waals surface area (Å²) in [7, 11) is 1.21. The van der Waals surface area contributed by atoms with Crippen molar-refractivity contribution in [2.24, 2.45) is 0 Å². The van der Waals surface area contributed by atoms with Crippen molar-refractivity contribution in [1.29, 1.82) is 0 Å². The van der Waals surface area contributed by atoms with E-state index in [1.54, 1.807) is 18.2 Å². The van der Waals surface area contributed by atoms with E-state index in [-0.39, 0.29) is 5.56 Å². The topological polar surface area (TPSA) is 38.3 Å². The van der Waals surface area contributed by atoms with Crippen LogP contribution in [0.15, 0.2) is 36.4 Å². The predicted molar refractivity (Wildman–Crippen MR) is 81.5 cm³/mol. The Labute approximate surface area is 131 Å². The van der Waals surface area contributed by atoms with E-state index in [0.717, 1.165) is 5.56 Å². The number of hydrogen-bond acceptors (Lipinski definition) is 3. The summed E-state index contributed by atoms with van der Waals surface area (Å²) in [6.45, 7) is 0.461. The maximum atomic E-state index is 13.5. The lowest BCUT2D eigenvalue weighted by atomic mass is 10.1. The molecule has 0 aliphatic rings.